The monoisotopic (exact) mass is 311 g/mol. The van der Waals surface area contributed by atoms with Gasteiger partial charge < -0.3 is 9.84 Å². The Morgan fingerprint density at radius 3 is 2.78 bits per heavy atom. The van der Waals surface area contributed by atoms with Crippen LogP contribution in [-0.4, -0.2) is 16.1 Å². The largest absolute Gasteiger partial charge is 0.477 e. The molecular formula is C12H7BrFNO3. The van der Waals surface area contributed by atoms with Gasteiger partial charge >= 0.3 is 5.97 Å². The summed E-state index contributed by atoms with van der Waals surface area (Å²) in [7, 11) is 0. The van der Waals surface area contributed by atoms with E-state index >= 15 is 0 Å². The first-order valence-corrected chi connectivity index (χ1v) is 5.69. The normalized spacial score (nSPS) is 10.1. The number of halogens is 2. The SMILES string of the molecule is O=C(O)c1cccc(Oc2ccc(F)cc2Br)n1. The Balaban J connectivity index is 2.28. The van der Waals surface area contributed by atoms with Crippen LogP contribution in [0.5, 0.6) is 11.6 Å². The van der Waals surface area contributed by atoms with E-state index in [-0.39, 0.29) is 11.6 Å². The van der Waals surface area contributed by atoms with Gasteiger partial charge in [-0.1, -0.05) is 6.07 Å². The Morgan fingerprint density at radius 2 is 2.11 bits per heavy atom. The fraction of sp³-hybridized carbons (Fsp3) is 0. The molecule has 0 radical (unpaired) electrons. The van der Waals surface area contributed by atoms with Crippen LogP contribution in [0.1, 0.15) is 10.5 Å². The number of aromatic carboxylic acids is 1. The molecule has 0 spiro atoms. The van der Waals surface area contributed by atoms with Crippen LogP contribution in [0, 0.1) is 5.82 Å². The van der Waals surface area contributed by atoms with Gasteiger partial charge in [0, 0.05) is 6.07 Å². The van der Waals surface area contributed by atoms with Gasteiger partial charge in [0.05, 0.1) is 4.47 Å². The summed E-state index contributed by atoms with van der Waals surface area (Å²) in [5.41, 5.74) is -0.120. The Labute approximate surface area is 110 Å². The third-order valence-corrected chi connectivity index (χ3v) is 2.67. The number of carboxylic acid groups (broad SMARTS) is 1. The lowest BCUT2D eigenvalue weighted by Gasteiger charge is -2.07. The fourth-order valence-electron chi connectivity index (χ4n) is 1.26. The van der Waals surface area contributed by atoms with Crippen molar-refractivity contribution < 1.29 is 19.0 Å². The predicted octanol–water partition coefficient (Wildman–Crippen LogP) is 3.47. The molecule has 0 amide bonds. The Bertz CT molecular complexity index is 604. The molecule has 4 nitrogen and oxygen atoms in total. The molecular weight excluding hydrogens is 305 g/mol. The Morgan fingerprint density at radius 1 is 1.33 bits per heavy atom. The van der Waals surface area contributed by atoms with Gasteiger partial charge in [-0.15, -0.1) is 0 Å². The Hall–Kier alpha value is -1.95. The van der Waals surface area contributed by atoms with Gasteiger partial charge in [0.2, 0.25) is 5.88 Å². The molecule has 1 aromatic heterocycles. The summed E-state index contributed by atoms with van der Waals surface area (Å²) < 4.78 is 18.7. The second-order valence-electron chi connectivity index (χ2n) is 3.34. The topological polar surface area (TPSA) is 59.4 Å². The average molecular weight is 312 g/mol. The molecule has 18 heavy (non-hydrogen) atoms. The van der Waals surface area contributed by atoms with E-state index in [2.05, 4.69) is 20.9 Å². The van der Waals surface area contributed by atoms with Crippen molar-refractivity contribution in [2.24, 2.45) is 0 Å². The zero-order chi connectivity index (χ0) is 13.1. The van der Waals surface area contributed by atoms with Gasteiger partial charge in [-0.3, -0.25) is 0 Å². The van der Waals surface area contributed by atoms with Crippen LogP contribution in [0.2, 0.25) is 0 Å². The van der Waals surface area contributed by atoms with Gasteiger partial charge in [-0.2, -0.15) is 0 Å². The second-order valence-corrected chi connectivity index (χ2v) is 4.20. The highest BCUT2D eigenvalue weighted by Gasteiger charge is 2.08. The van der Waals surface area contributed by atoms with Crippen molar-refractivity contribution in [2.45, 2.75) is 0 Å². The van der Waals surface area contributed by atoms with E-state index in [1.54, 1.807) is 0 Å². The summed E-state index contributed by atoms with van der Waals surface area (Å²) in [5.74, 6) is -1.06. The smallest absolute Gasteiger partial charge is 0.354 e. The van der Waals surface area contributed by atoms with E-state index in [0.717, 1.165) is 0 Å². The summed E-state index contributed by atoms with van der Waals surface area (Å²) in [5, 5.41) is 8.79. The van der Waals surface area contributed by atoms with Crippen LogP contribution >= 0.6 is 15.9 Å². The number of aromatic nitrogens is 1. The molecule has 0 bridgehead atoms. The van der Waals surface area contributed by atoms with Crippen LogP contribution in [-0.2, 0) is 0 Å². The fourth-order valence-corrected chi connectivity index (χ4v) is 1.69. The van der Waals surface area contributed by atoms with Crippen LogP contribution in [0.25, 0.3) is 0 Å². The maximum atomic E-state index is 12.9. The van der Waals surface area contributed by atoms with Gasteiger partial charge in [0.15, 0.2) is 5.69 Å². The summed E-state index contributed by atoms with van der Waals surface area (Å²) in [6.45, 7) is 0. The average Bonchev–Trinajstić information content (AvgIpc) is 2.33. The van der Waals surface area contributed by atoms with Crippen LogP contribution < -0.4 is 4.74 Å². The molecule has 0 unspecified atom stereocenters. The summed E-state index contributed by atoms with van der Waals surface area (Å²) in [6.07, 6.45) is 0. The highest BCUT2D eigenvalue weighted by molar-refractivity contribution is 9.10. The number of hydrogen-bond donors (Lipinski definition) is 1. The number of rotatable bonds is 3. The van der Waals surface area contributed by atoms with Gasteiger partial charge in [0.25, 0.3) is 0 Å². The molecule has 1 N–H and O–H groups in total. The number of carbonyl (C=O) groups is 1. The molecule has 6 heteroatoms. The molecule has 2 rings (SSSR count). The minimum absolute atomic E-state index is 0.120. The van der Waals surface area contributed by atoms with Crippen molar-refractivity contribution in [3.05, 3.63) is 52.4 Å². The molecule has 92 valence electrons. The van der Waals surface area contributed by atoms with Crippen LogP contribution in [0.4, 0.5) is 4.39 Å². The number of carboxylic acids is 1. The lowest BCUT2D eigenvalue weighted by molar-refractivity contribution is 0.0689. The van der Waals surface area contributed by atoms with E-state index in [4.69, 9.17) is 9.84 Å². The number of hydrogen-bond acceptors (Lipinski definition) is 3. The molecule has 0 aliphatic heterocycles. The molecule has 0 aliphatic carbocycles. The summed E-state index contributed by atoms with van der Waals surface area (Å²) in [6, 6.07) is 8.30. The molecule has 1 heterocycles. The van der Waals surface area contributed by atoms with Crippen molar-refractivity contribution in [1.29, 1.82) is 0 Å². The molecule has 1 aromatic carbocycles. The molecule has 2 aromatic rings. The van der Waals surface area contributed by atoms with Crippen molar-refractivity contribution in [1.82, 2.24) is 4.98 Å². The molecule has 0 saturated carbocycles. The minimum atomic E-state index is -1.14. The molecule has 0 saturated heterocycles. The van der Waals surface area contributed by atoms with E-state index < -0.39 is 11.8 Å². The van der Waals surface area contributed by atoms with Crippen LogP contribution in [0.15, 0.2) is 40.9 Å². The summed E-state index contributed by atoms with van der Waals surface area (Å²) >= 11 is 3.14. The quantitative estimate of drug-likeness (QED) is 0.943. The third kappa shape index (κ3) is 2.84. The van der Waals surface area contributed by atoms with E-state index in [9.17, 15) is 9.18 Å². The molecule has 0 fully saturated rings. The summed E-state index contributed by atoms with van der Waals surface area (Å²) in [4.78, 5) is 14.5. The lowest BCUT2D eigenvalue weighted by Crippen LogP contribution is -2.00. The van der Waals surface area contributed by atoms with Gasteiger partial charge in [-0.05, 0) is 40.2 Å². The number of ether oxygens (including phenoxy) is 1. The number of pyridine rings is 1. The van der Waals surface area contributed by atoms with Gasteiger partial charge in [-0.25, -0.2) is 14.2 Å². The highest BCUT2D eigenvalue weighted by Crippen LogP contribution is 2.29. The van der Waals surface area contributed by atoms with E-state index in [1.165, 1.54) is 36.4 Å². The maximum Gasteiger partial charge on any atom is 0.354 e. The minimum Gasteiger partial charge on any atom is -0.477 e. The van der Waals surface area contributed by atoms with Crippen LogP contribution in [0.3, 0.4) is 0 Å². The third-order valence-electron chi connectivity index (χ3n) is 2.05. The standard InChI is InChI=1S/C12H7BrFNO3/c13-8-6-7(14)4-5-10(8)18-11-3-1-2-9(15-11)12(16)17/h1-6H,(H,16,17). The predicted molar refractivity (Wildman–Crippen MR) is 65.4 cm³/mol. The lowest BCUT2D eigenvalue weighted by atomic mass is 10.3. The number of benzene rings is 1. The second kappa shape index (κ2) is 5.14. The molecule has 0 aliphatic rings. The van der Waals surface area contributed by atoms with E-state index in [1.807, 2.05) is 0 Å². The van der Waals surface area contributed by atoms with E-state index in [0.29, 0.717) is 10.2 Å². The first kappa shape index (κ1) is 12.5. The highest BCUT2D eigenvalue weighted by atomic mass is 79.9. The number of nitrogens with zero attached hydrogens (tertiary/aromatic N) is 1. The zero-order valence-corrected chi connectivity index (χ0v) is 10.5. The van der Waals surface area contributed by atoms with Crippen molar-refractivity contribution in [2.75, 3.05) is 0 Å². The maximum absolute atomic E-state index is 12.9. The first-order chi connectivity index (χ1) is 8.56. The van der Waals surface area contributed by atoms with Crippen molar-refractivity contribution >= 4 is 21.9 Å². The zero-order valence-electron chi connectivity index (χ0n) is 8.93. The van der Waals surface area contributed by atoms with Gasteiger partial charge in [0.1, 0.15) is 11.6 Å². The molecule has 0 atom stereocenters. The first-order valence-electron chi connectivity index (χ1n) is 4.89. The van der Waals surface area contributed by atoms with Crippen molar-refractivity contribution in [3.63, 3.8) is 0 Å². The Kier molecular flexibility index (Phi) is 3.57. The van der Waals surface area contributed by atoms with Crippen molar-refractivity contribution in [3.8, 4) is 11.6 Å².